The van der Waals surface area contributed by atoms with Crippen molar-refractivity contribution in [1.29, 1.82) is 0 Å². The highest BCUT2D eigenvalue weighted by atomic mass is 19.3. The molecule has 1 saturated heterocycles. The summed E-state index contributed by atoms with van der Waals surface area (Å²) in [4.78, 5) is 31.0. The van der Waals surface area contributed by atoms with Crippen molar-refractivity contribution in [2.45, 2.75) is 18.9 Å². The number of methoxy groups -OCH3 is 1. The van der Waals surface area contributed by atoms with E-state index in [2.05, 4.69) is 20.5 Å². The minimum atomic E-state index is -2.93. The number of amides is 2. The van der Waals surface area contributed by atoms with E-state index in [1.54, 1.807) is 12.3 Å². The number of ether oxygens (including phenoxy) is 1. The van der Waals surface area contributed by atoms with Gasteiger partial charge in [-0.05, 0) is 24.3 Å². The smallest absolute Gasteiger partial charge is 0.267 e. The van der Waals surface area contributed by atoms with Crippen molar-refractivity contribution in [3.05, 3.63) is 60.4 Å². The van der Waals surface area contributed by atoms with E-state index in [4.69, 9.17) is 4.74 Å². The molecule has 0 bridgehead atoms. The summed E-state index contributed by atoms with van der Waals surface area (Å²) in [5.41, 5.74) is 1.00. The van der Waals surface area contributed by atoms with Gasteiger partial charge in [0.2, 0.25) is 5.91 Å². The zero-order valence-corrected chi connectivity index (χ0v) is 19.0. The number of hydrogen-bond donors (Lipinski definition) is 1. The predicted molar refractivity (Wildman–Crippen MR) is 121 cm³/mol. The molecule has 1 aromatic carbocycles. The summed E-state index contributed by atoms with van der Waals surface area (Å²) >= 11 is 0. The van der Waals surface area contributed by atoms with Crippen molar-refractivity contribution in [3.8, 4) is 17.0 Å². The molecule has 1 fully saturated rings. The number of carbonyl (C=O) groups excluding carboxylic acids is 2. The Kier molecular flexibility index (Phi) is 5.82. The van der Waals surface area contributed by atoms with Crippen LogP contribution in [-0.4, -0.2) is 67.2 Å². The number of carbonyl (C=O) groups is 2. The first-order valence-electron chi connectivity index (χ1n) is 10.9. The molecule has 36 heavy (non-hydrogen) atoms. The Morgan fingerprint density at radius 1 is 1.28 bits per heavy atom. The summed E-state index contributed by atoms with van der Waals surface area (Å²) in [6.07, 6.45) is 5.47. The summed E-state index contributed by atoms with van der Waals surface area (Å²) in [5.74, 6) is -4.34. The lowest BCUT2D eigenvalue weighted by Gasteiger charge is -2.15. The van der Waals surface area contributed by atoms with E-state index in [0.717, 1.165) is 4.90 Å². The summed E-state index contributed by atoms with van der Waals surface area (Å²) in [7, 11) is 1.40. The quantitative estimate of drug-likeness (QED) is 0.437. The van der Waals surface area contributed by atoms with E-state index < -0.39 is 36.5 Å². The normalized spacial score (nSPS) is 14.8. The molecule has 1 aliphatic heterocycles. The van der Waals surface area contributed by atoms with Gasteiger partial charge in [-0.1, -0.05) is 0 Å². The summed E-state index contributed by atoms with van der Waals surface area (Å²) < 4.78 is 49.2. The van der Waals surface area contributed by atoms with Crippen LogP contribution in [0.25, 0.3) is 16.9 Å². The van der Waals surface area contributed by atoms with Gasteiger partial charge in [-0.25, -0.2) is 22.7 Å². The second-order valence-corrected chi connectivity index (χ2v) is 8.26. The van der Waals surface area contributed by atoms with E-state index in [1.165, 1.54) is 53.1 Å². The number of likely N-dealkylation sites (tertiary alicyclic amines) is 1. The van der Waals surface area contributed by atoms with Gasteiger partial charge in [-0.3, -0.25) is 14.3 Å². The third-order valence-electron chi connectivity index (χ3n) is 5.77. The van der Waals surface area contributed by atoms with Gasteiger partial charge in [0.25, 0.3) is 11.8 Å². The van der Waals surface area contributed by atoms with Gasteiger partial charge < -0.3 is 15.0 Å². The van der Waals surface area contributed by atoms with Crippen molar-refractivity contribution < 1.29 is 27.5 Å². The molecule has 2 amide bonds. The molecule has 0 saturated carbocycles. The molecular weight excluding hydrogens is 479 g/mol. The highest BCUT2D eigenvalue weighted by molar-refractivity contribution is 6.09. The largest absolute Gasteiger partial charge is 0.496 e. The highest BCUT2D eigenvalue weighted by Crippen LogP contribution is 2.35. The Morgan fingerprint density at radius 3 is 2.86 bits per heavy atom. The van der Waals surface area contributed by atoms with Crippen LogP contribution in [0.2, 0.25) is 0 Å². The highest BCUT2D eigenvalue weighted by Gasteiger charge is 2.40. The maximum atomic E-state index is 14.1. The van der Waals surface area contributed by atoms with Gasteiger partial charge in [0.05, 0.1) is 25.5 Å². The third kappa shape index (κ3) is 4.46. The zero-order chi connectivity index (χ0) is 25.4. The van der Waals surface area contributed by atoms with Crippen LogP contribution in [0.15, 0.2) is 49.1 Å². The number of hydrogen-bond acceptors (Lipinski definition) is 6. The maximum Gasteiger partial charge on any atom is 0.267 e. The zero-order valence-electron chi connectivity index (χ0n) is 19.0. The van der Waals surface area contributed by atoms with E-state index >= 15 is 0 Å². The van der Waals surface area contributed by atoms with Crippen molar-refractivity contribution in [1.82, 2.24) is 29.3 Å². The fraction of sp³-hybridized carbons (Fsp3) is 0.261. The van der Waals surface area contributed by atoms with Gasteiger partial charge in [0.15, 0.2) is 5.65 Å². The fourth-order valence-electron chi connectivity index (χ4n) is 4.02. The van der Waals surface area contributed by atoms with Crippen LogP contribution in [0.4, 0.5) is 18.9 Å². The van der Waals surface area contributed by atoms with Crippen LogP contribution >= 0.6 is 0 Å². The minimum Gasteiger partial charge on any atom is -0.496 e. The molecular formula is C23H20F3N7O3. The van der Waals surface area contributed by atoms with Crippen LogP contribution < -0.4 is 10.1 Å². The number of alkyl halides is 2. The number of anilines is 1. The lowest BCUT2D eigenvalue weighted by molar-refractivity contribution is -0.132. The summed E-state index contributed by atoms with van der Waals surface area (Å²) in [5, 5.41) is 11.2. The molecule has 1 aliphatic rings. The fourth-order valence-corrected chi connectivity index (χ4v) is 4.02. The number of nitrogens with zero attached hydrogens (tertiary/aromatic N) is 6. The number of benzene rings is 1. The van der Waals surface area contributed by atoms with Crippen LogP contribution in [0.1, 0.15) is 16.8 Å². The number of nitrogens with one attached hydrogen (secondary N) is 1. The molecule has 0 aliphatic carbocycles. The third-order valence-corrected chi connectivity index (χ3v) is 5.77. The van der Waals surface area contributed by atoms with Gasteiger partial charge in [0.1, 0.15) is 29.4 Å². The van der Waals surface area contributed by atoms with Crippen molar-refractivity contribution in [3.63, 3.8) is 0 Å². The van der Waals surface area contributed by atoms with Gasteiger partial charge in [-0.15, -0.1) is 0 Å². The molecule has 13 heteroatoms. The average Bonchev–Trinajstić information content (AvgIpc) is 3.55. The Labute approximate surface area is 202 Å². The summed E-state index contributed by atoms with van der Waals surface area (Å²) in [6, 6.07) is 5.45. The molecule has 1 N–H and O–H groups in total. The molecule has 3 aromatic heterocycles. The monoisotopic (exact) mass is 499 g/mol. The Balaban J connectivity index is 1.49. The van der Waals surface area contributed by atoms with Crippen LogP contribution in [-0.2, 0) is 11.3 Å². The minimum absolute atomic E-state index is 0.0665. The SMILES string of the molecule is COc1ccc(F)cc1-c1nn(CC(=O)N2CCC(F)(F)C2)cc1NC(=O)c1cnn2cccnc12. The van der Waals surface area contributed by atoms with Crippen molar-refractivity contribution >= 4 is 23.1 Å². The Hall–Kier alpha value is -4.42. The van der Waals surface area contributed by atoms with E-state index in [-0.39, 0.29) is 41.3 Å². The number of aromatic nitrogens is 5. The van der Waals surface area contributed by atoms with E-state index in [1.807, 2.05) is 0 Å². The van der Waals surface area contributed by atoms with Crippen LogP contribution in [0, 0.1) is 5.82 Å². The topological polar surface area (TPSA) is 107 Å². The van der Waals surface area contributed by atoms with E-state index in [9.17, 15) is 22.8 Å². The van der Waals surface area contributed by atoms with Crippen LogP contribution in [0.5, 0.6) is 5.75 Å². The first kappa shape index (κ1) is 23.3. The maximum absolute atomic E-state index is 14.1. The van der Waals surface area contributed by atoms with Gasteiger partial charge in [0, 0.05) is 37.1 Å². The first-order chi connectivity index (χ1) is 17.2. The van der Waals surface area contributed by atoms with Gasteiger partial charge in [-0.2, -0.15) is 10.2 Å². The molecule has 5 rings (SSSR count). The molecule has 0 spiro atoms. The van der Waals surface area contributed by atoms with E-state index in [0.29, 0.717) is 5.65 Å². The molecule has 186 valence electrons. The molecule has 0 atom stereocenters. The second kappa shape index (κ2) is 8.98. The second-order valence-electron chi connectivity index (χ2n) is 8.26. The standard InChI is InChI=1S/C23H20F3N7O3/c1-36-18-4-3-14(24)9-15(18)20-17(29-22(35)16-10-28-33-7-2-6-27-21(16)33)11-32(30-20)12-19(34)31-8-5-23(25,26)13-31/h2-4,6-7,9-11H,5,8,12-13H2,1H3,(H,29,35). The number of rotatable bonds is 6. The van der Waals surface area contributed by atoms with Crippen molar-refractivity contribution in [2.75, 3.05) is 25.5 Å². The summed E-state index contributed by atoms with van der Waals surface area (Å²) in [6.45, 7) is -1.08. The molecule has 0 unspecified atom stereocenters. The Morgan fingerprint density at radius 2 is 2.11 bits per heavy atom. The molecule has 4 aromatic rings. The molecule has 10 nitrogen and oxygen atoms in total. The lowest BCUT2D eigenvalue weighted by atomic mass is 10.1. The predicted octanol–water partition coefficient (Wildman–Crippen LogP) is 2.86. The molecule has 0 radical (unpaired) electrons. The van der Waals surface area contributed by atoms with Crippen molar-refractivity contribution in [2.24, 2.45) is 0 Å². The number of fused-ring (bicyclic) bond motifs is 1. The number of halogens is 3. The van der Waals surface area contributed by atoms with Crippen LogP contribution in [0.3, 0.4) is 0 Å². The average molecular weight is 499 g/mol. The Bertz CT molecular complexity index is 1470. The first-order valence-corrected chi connectivity index (χ1v) is 10.9. The molecule has 4 heterocycles. The lowest BCUT2D eigenvalue weighted by Crippen LogP contribution is -2.34. The van der Waals surface area contributed by atoms with Gasteiger partial charge >= 0.3 is 0 Å².